The molecule has 4 aromatic rings. The second-order valence-electron chi connectivity index (χ2n) is 5.05. The van der Waals surface area contributed by atoms with Crippen LogP contribution in [0, 0.1) is 0 Å². The molecule has 0 spiro atoms. The van der Waals surface area contributed by atoms with Crippen molar-refractivity contribution in [3.8, 4) is 11.1 Å². The van der Waals surface area contributed by atoms with Gasteiger partial charge in [-0.2, -0.15) is 0 Å². The van der Waals surface area contributed by atoms with E-state index in [-0.39, 0.29) is 0 Å². The van der Waals surface area contributed by atoms with Crippen molar-refractivity contribution in [2.24, 2.45) is 0 Å². The van der Waals surface area contributed by atoms with Gasteiger partial charge in [0.1, 0.15) is 5.82 Å². The number of nitrogens with two attached hydrogens (primary N) is 1. The van der Waals surface area contributed by atoms with Crippen molar-refractivity contribution in [1.82, 2.24) is 9.97 Å². The van der Waals surface area contributed by atoms with E-state index in [0.717, 1.165) is 16.3 Å². The SMILES string of the molecule is Nc1ccc2cc(-c3cccc4cnccc34)ccc2n1. The third kappa shape index (κ3) is 1.99. The average molecular weight is 271 g/mol. The van der Waals surface area contributed by atoms with Crippen LogP contribution in [0.4, 0.5) is 5.82 Å². The van der Waals surface area contributed by atoms with E-state index < -0.39 is 0 Å². The predicted octanol–water partition coefficient (Wildman–Crippen LogP) is 4.03. The van der Waals surface area contributed by atoms with Crippen LogP contribution in [0.2, 0.25) is 0 Å². The fourth-order valence-electron chi connectivity index (χ4n) is 2.68. The number of aromatic nitrogens is 2. The average Bonchev–Trinajstić information content (AvgIpc) is 2.54. The molecule has 3 nitrogen and oxygen atoms in total. The lowest BCUT2D eigenvalue weighted by Crippen LogP contribution is -1.90. The van der Waals surface area contributed by atoms with Crippen LogP contribution in [-0.2, 0) is 0 Å². The first-order valence-corrected chi connectivity index (χ1v) is 6.81. The van der Waals surface area contributed by atoms with E-state index in [2.05, 4.69) is 46.4 Å². The van der Waals surface area contributed by atoms with E-state index in [1.54, 1.807) is 0 Å². The zero-order valence-corrected chi connectivity index (χ0v) is 11.3. The van der Waals surface area contributed by atoms with E-state index in [0.29, 0.717) is 5.82 Å². The van der Waals surface area contributed by atoms with Crippen LogP contribution in [0.25, 0.3) is 32.8 Å². The minimum Gasteiger partial charge on any atom is -0.384 e. The molecule has 21 heavy (non-hydrogen) atoms. The van der Waals surface area contributed by atoms with Gasteiger partial charge in [-0.15, -0.1) is 0 Å². The number of anilines is 1. The summed E-state index contributed by atoms with van der Waals surface area (Å²) < 4.78 is 0. The highest BCUT2D eigenvalue weighted by Gasteiger charge is 2.05. The number of rotatable bonds is 1. The van der Waals surface area contributed by atoms with Crippen molar-refractivity contribution >= 4 is 27.5 Å². The molecule has 100 valence electrons. The molecule has 0 unspecified atom stereocenters. The molecular formula is C18H13N3. The molecule has 0 atom stereocenters. The fraction of sp³-hybridized carbons (Fsp3) is 0. The first-order valence-electron chi connectivity index (χ1n) is 6.81. The molecule has 2 aromatic heterocycles. The first-order chi connectivity index (χ1) is 10.3. The maximum Gasteiger partial charge on any atom is 0.124 e. The Hall–Kier alpha value is -2.94. The van der Waals surface area contributed by atoms with Gasteiger partial charge in [0.05, 0.1) is 5.52 Å². The summed E-state index contributed by atoms with van der Waals surface area (Å²) in [5.41, 5.74) is 9.02. The molecule has 0 amide bonds. The highest BCUT2D eigenvalue weighted by atomic mass is 14.8. The molecule has 0 saturated heterocycles. The summed E-state index contributed by atoms with van der Waals surface area (Å²) in [6.07, 6.45) is 3.72. The Morgan fingerprint density at radius 3 is 2.76 bits per heavy atom. The lowest BCUT2D eigenvalue weighted by Gasteiger charge is -2.08. The summed E-state index contributed by atoms with van der Waals surface area (Å²) in [5, 5.41) is 3.44. The van der Waals surface area contributed by atoms with Gasteiger partial charge in [-0.25, -0.2) is 4.98 Å². The van der Waals surface area contributed by atoms with E-state index in [9.17, 15) is 0 Å². The first kappa shape index (κ1) is 11.9. The number of benzene rings is 2. The Balaban J connectivity index is 1.98. The molecule has 2 heterocycles. The van der Waals surface area contributed by atoms with Gasteiger partial charge in [0, 0.05) is 23.2 Å². The Morgan fingerprint density at radius 1 is 0.857 bits per heavy atom. The maximum atomic E-state index is 5.73. The topological polar surface area (TPSA) is 51.8 Å². The molecule has 0 saturated carbocycles. The van der Waals surface area contributed by atoms with Crippen molar-refractivity contribution in [3.63, 3.8) is 0 Å². The van der Waals surface area contributed by atoms with Crippen LogP contribution in [0.1, 0.15) is 0 Å². The summed E-state index contributed by atoms with van der Waals surface area (Å²) in [6, 6.07) is 18.4. The number of nitrogen functional groups attached to an aromatic ring is 1. The largest absolute Gasteiger partial charge is 0.384 e. The third-order valence-corrected chi connectivity index (χ3v) is 3.70. The lowest BCUT2D eigenvalue weighted by atomic mass is 9.98. The molecule has 0 aliphatic carbocycles. The van der Waals surface area contributed by atoms with Crippen molar-refractivity contribution in [3.05, 3.63) is 67.0 Å². The highest BCUT2D eigenvalue weighted by molar-refractivity contribution is 5.98. The summed E-state index contributed by atoms with van der Waals surface area (Å²) in [4.78, 5) is 8.52. The van der Waals surface area contributed by atoms with Crippen LogP contribution >= 0.6 is 0 Å². The number of hydrogen-bond donors (Lipinski definition) is 1. The Bertz CT molecular complexity index is 955. The molecule has 0 radical (unpaired) electrons. The Kier molecular flexibility index (Phi) is 2.57. The number of pyridine rings is 2. The number of fused-ring (bicyclic) bond motifs is 2. The molecule has 0 fully saturated rings. The van der Waals surface area contributed by atoms with Gasteiger partial charge in [-0.1, -0.05) is 24.3 Å². The summed E-state index contributed by atoms with van der Waals surface area (Å²) in [7, 11) is 0. The van der Waals surface area contributed by atoms with Crippen molar-refractivity contribution < 1.29 is 0 Å². The maximum absolute atomic E-state index is 5.73. The van der Waals surface area contributed by atoms with Crippen LogP contribution in [0.5, 0.6) is 0 Å². The van der Waals surface area contributed by atoms with Crippen molar-refractivity contribution in [1.29, 1.82) is 0 Å². The monoisotopic (exact) mass is 271 g/mol. The molecule has 0 aliphatic rings. The van der Waals surface area contributed by atoms with Crippen molar-refractivity contribution in [2.75, 3.05) is 5.73 Å². The highest BCUT2D eigenvalue weighted by Crippen LogP contribution is 2.30. The van der Waals surface area contributed by atoms with E-state index in [1.165, 1.54) is 16.5 Å². The summed E-state index contributed by atoms with van der Waals surface area (Å²) in [5.74, 6) is 0.548. The Labute approximate surface area is 122 Å². The van der Waals surface area contributed by atoms with Gasteiger partial charge in [-0.05, 0) is 46.8 Å². The lowest BCUT2D eigenvalue weighted by molar-refractivity contribution is 1.36. The smallest absolute Gasteiger partial charge is 0.124 e. The van der Waals surface area contributed by atoms with Crippen LogP contribution in [0.3, 0.4) is 0 Å². The van der Waals surface area contributed by atoms with Gasteiger partial charge >= 0.3 is 0 Å². The van der Waals surface area contributed by atoms with Crippen molar-refractivity contribution in [2.45, 2.75) is 0 Å². The second kappa shape index (κ2) is 4.56. The van der Waals surface area contributed by atoms with Gasteiger partial charge in [-0.3, -0.25) is 4.98 Å². The quantitative estimate of drug-likeness (QED) is 0.568. The molecule has 0 aliphatic heterocycles. The normalized spacial score (nSPS) is 11.0. The molecule has 4 rings (SSSR count). The fourth-order valence-corrected chi connectivity index (χ4v) is 2.68. The van der Waals surface area contributed by atoms with Gasteiger partial charge in [0.15, 0.2) is 0 Å². The predicted molar refractivity (Wildman–Crippen MR) is 86.9 cm³/mol. The van der Waals surface area contributed by atoms with Gasteiger partial charge < -0.3 is 5.73 Å². The number of nitrogens with zero attached hydrogens (tertiary/aromatic N) is 2. The van der Waals surface area contributed by atoms with Crippen LogP contribution < -0.4 is 5.73 Å². The number of hydrogen-bond acceptors (Lipinski definition) is 3. The van der Waals surface area contributed by atoms with E-state index in [1.807, 2.05) is 30.6 Å². The molecule has 3 heteroatoms. The Morgan fingerprint density at radius 2 is 1.81 bits per heavy atom. The summed E-state index contributed by atoms with van der Waals surface area (Å²) >= 11 is 0. The van der Waals surface area contributed by atoms with E-state index >= 15 is 0 Å². The molecule has 0 bridgehead atoms. The van der Waals surface area contributed by atoms with Crippen LogP contribution in [-0.4, -0.2) is 9.97 Å². The van der Waals surface area contributed by atoms with E-state index in [4.69, 9.17) is 5.73 Å². The van der Waals surface area contributed by atoms with Gasteiger partial charge in [0.25, 0.3) is 0 Å². The van der Waals surface area contributed by atoms with Gasteiger partial charge in [0.2, 0.25) is 0 Å². The van der Waals surface area contributed by atoms with Crippen LogP contribution in [0.15, 0.2) is 67.0 Å². The molecular weight excluding hydrogens is 258 g/mol. The minimum absolute atomic E-state index is 0.548. The standard InChI is InChI=1S/C18H13N3/c19-18-7-5-13-10-12(4-6-17(13)21-18)15-3-1-2-14-11-20-9-8-16(14)15/h1-11H,(H2,19,21). The zero-order valence-electron chi connectivity index (χ0n) is 11.3. The molecule has 2 aromatic carbocycles. The summed E-state index contributed by atoms with van der Waals surface area (Å²) in [6.45, 7) is 0. The zero-order chi connectivity index (χ0) is 14.2. The minimum atomic E-state index is 0.548. The molecule has 2 N–H and O–H groups in total. The second-order valence-corrected chi connectivity index (χ2v) is 5.05. The third-order valence-electron chi connectivity index (χ3n) is 3.70.